The van der Waals surface area contributed by atoms with Gasteiger partial charge in [-0.25, -0.2) is 0 Å². The third kappa shape index (κ3) is 3.46. The standard InChI is InChI=1S/C17H17ClN2O2/c18-15-6-2-1-5-13(15)11-14-12-20(9-10-22-14)17(21)16-7-3-4-8-19-16/h1-8,14H,9-12H2/t14-/m1/s1. The molecule has 2 aromatic rings. The Balaban J connectivity index is 1.67. The van der Waals surface area contributed by atoms with Gasteiger partial charge in [0.15, 0.2) is 0 Å². The van der Waals surface area contributed by atoms with Crippen LogP contribution in [0, 0.1) is 0 Å². The van der Waals surface area contributed by atoms with Crippen LogP contribution in [0.4, 0.5) is 0 Å². The molecule has 1 aliphatic rings. The van der Waals surface area contributed by atoms with E-state index in [-0.39, 0.29) is 12.0 Å². The van der Waals surface area contributed by atoms with E-state index in [0.717, 1.165) is 10.6 Å². The number of carbonyl (C=O) groups is 1. The van der Waals surface area contributed by atoms with Crippen LogP contribution in [-0.4, -0.2) is 41.6 Å². The molecule has 5 heteroatoms. The van der Waals surface area contributed by atoms with E-state index in [9.17, 15) is 4.79 Å². The molecule has 0 unspecified atom stereocenters. The molecule has 1 aliphatic heterocycles. The zero-order chi connectivity index (χ0) is 15.4. The Morgan fingerprint density at radius 1 is 1.27 bits per heavy atom. The molecule has 3 rings (SSSR count). The van der Waals surface area contributed by atoms with Gasteiger partial charge in [-0.15, -0.1) is 0 Å². The number of aromatic nitrogens is 1. The van der Waals surface area contributed by atoms with E-state index >= 15 is 0 Å². The fourth-order valence-corrected chi connectivity index (χ4v) is 2.80. The van der Waals surface area contributed by atoms with Crippen LogP contribution in [0.5, 0.6) is 0 Å². The lowest BCUT2D eigenvalue weighted by molar-refractivity contribution is -0.0210. The molecule has 2 heterocycles. The van der Waals surface area contributed by atoms with E-state index in [4.69, 9.17) is 16.3 Å². The van der Waals surface area contributed by atoms with Crippen LogP contribution in [0.15, 0.2) is 48.7 Å². The first-order valence-corrected chi connectivity index (χ1v) is 7.67. The lowest BCUT2D eigenvalue weighted by Gasteiger charge is -2.33. The van der Waals surface area contributed by atoms with E-state index in [1.165, 1.54) is 0 Å². The quantitative estimate of drug-likeness (QED) is 0.874. The van der Waals surface area contributed by atoms with Crippen LogP contribution in [0.1, 0.15) is 16.1 Å². The van der Waals surface area contributed by atoms with Crippen molar-refractivity contribution in [2.45, 2.75) is 12.5 Å². The van der Waals surface area contributed by atoms with E-state index < -0.39 is 0 Å². The molecular formula is C17H17ClN2O2. The molecule has 4 nitrogen and oxygen atoms in total. The molecule has 0 saturated carbocycles. The van der Waals surface area contributed by atoms with E-state index in [1.54, 1.807) is 23.2 Å². The van der Waals surface area contributed by atoms with Gasteiger partial charge in [-0.1, -0.05) is 35.9 Å². The maximum atomic E-state index is 12.4. The first-order chi connectivity index (χ1) is 10.7. The molecule has 1 aromatic carbocycles. The Labute approximate surface area is 134 Å². The van der Waals surface area contributed by atoms with E-state index in [1.807, 2.05) is 30.3 Å². The van der Waals surface area contributed by atoms with Crippen molar-refractivity contribution in [3.8, 4) is 0 Å². The zero-order valence-electron chi connectivity index (χ0n) is 12.1. The summed E-state index contributed by atoms with van der Waals surface area (Å²) < 4.78 is 5.78. The van der Waals surface area contributed by atoms with Gasteiger partial charge in [0.1, 0.15) is 5.69 Å². The Morgan fingerprint density at radius 2 is 2.09 bits per heavy atom. The summed E-state index contributed by atoms with van der Waals surface area (Å²) in [5.74, 6) is -0.0481. The van der Waals surface area contributed by atoms with Gasteiger partial charge in [-0.3, -0.25) is 9.78 Å². The summed E-state index contributed by atoms with van der Waals surface area (Å²) in [6.07, 6.45) is 2.29. The summed E-state index contributed by atoms with van der Waals surface area (Å²) in [5.41, 5.74) is 1.52. The van der Waals surface area contributed by atoms with Crippen LogP contribution in [-0.2, 0) is 11.2 Å². The van der Waals surface area contributed by atoms with Crippen molar-refractivity contribution in [1.82, 2.24) is 9.88 Å². The molecule has 0 radical (unpaired) electrons. The second kappa shape index (κ2) is 6.90. The van der Waals surface area contributed by atoms with Crippen LogP contribution >= 0.6 is 11.6 Å². The highest BCUT2D eigenvalue weighted by Gasteiger charge is 2.26. The number of hydrogen-bond acceptors (Lipinski definition) is 3. The highest BCUT2D eigenvalue weighted by molar-refractivity contribution is 6.31. The van der Waals surface area contributed by atoms with E-state index in [0.29, 0.717) is 31.8 Å². The van der Waals surface area contributed by atoms with Gasteiger partial charge in [0.25, 0.3) is 5.91 Å². The van der Waals surface area contributed by atoms with Crippen molar-refractivity contribution in [2.75, 3.05) is 19.7 Å². The average molecular weight is 317 g/mol. The highest BCUT2D eigenvalue weighted by atomic mass is 35.5. The SMILES string of the molecule is O=C(c1ccccn1)N1CCO[C@H](Cc2ccccc2Cl)C1. The Hall–Kier alpha value is -1.91. The van der Waals surface area contributed by atoms with Crippen molar-refractivity contribution in [3.63, 3.8) is 0 Å². The summed E-state index contributed by atoms with van der Waals surface area (Å²) in [6.45, 7) is 1.68. The van der Waals surface area contributed by atoms with E-state index in [2.05, 4.69) is 4.98 Å². The van der Waals surface area contributed by atoms with Gasteiger partial charge < -0.3 is 9.64 Å². The first kappa shape index (κ1) is 15.0. The molecular weight excluding hydrogens is 300 g/mol. The number of amides is 1. The monoisotopic (exact) mass is 316 g/mol. The van der Waals surface area contributed by atoms with Crippen LogP contribution in [0.3, 0.4) is 0 Å². The molecule has 1 fully saturated rings. The van der Waals surface area contributed by atoms with Crippen LogP contribution in [0.25, 0.3) is 0 Å². The second-order valence-corrected chi connectivity index (χ2v) is 5.66. The number of rotatable bonds is 3. The number of halogens is 1. The van der Waals surface area contributed by atoms with Gasteiger partial charge in [0, 0.05) is 30.7 Å². The smallest absolute Gasteiger partial charge is 0.272 e. The van der Waals surface area contributed by atoms with Gasteiger partial charge in [-0.2, -0.15) is 0 Å². The lowest BCUT2D eigenvalue weighted by atomic mass is 10.1. The minimum absolute atomic E-state index is 0.0405. The third-order valence-electron chi connectivity index (χ3n) is 3.72. The number of benzene rings is 1. The minimum atomic E-state index is -0.0481. The maximum Gasteiger partial charge on any atom is 0.272 e. The molecule has 114 valence electrons. The lowest BCUT2D eigenvalue weighted by Crippen LogP contribution is -2.46. The van der Waals surface area contributed by atoms with Gasteiger partial charge in [-0.05, 0) is 23.8 Å². The molecule has 1 amide bonds. The maximum absolute atomic E-state index is 12.4. The number of nitrogens with zero attached hydrogens (tertiary/aromatic N) is 2. The number of carbonyl (C=O) groups excluding carboxylic acids is 1. The van der Waals surface area contributed by atoms with Crippen molar-refractivity contribution < 1.29 is 9.53 Å². The molecule has 0 spiro atoms. The van der Waals surface area contributed by atoms with Crippen molar-refractivity contribution in [2.24, 2.45) is 0 Å². The zero-order valence-corrected chi connectivity index (χ0v) is 12.9. The van der Waals surface area contributed by atoms with Crippen molar-refractivity contribution in [3.05, 3.63) is 64.9 Å². The fourth-order valence-electron chi connectivity index (χ4n) is 2.59. The molecule has 0 N–H and O–H groups in total. The number of morpholine rings is 1. The predicted molar refractivity (Wildman–Crippen MR) is 85.0 cm³/mol. The summed E-state index contributed by atoms with van der Waals surface area (Å²) in [7, 11) is 0. The molecule has 0 aliphatic carbocycles. The van der Waals surface area contributed by atoms with Gasteiger partial charge in [0.05, 0.1) is 12.7 Å². The normalized spacial score (nSPS) is 18.2. The largest absolute Gasteiger partial charge is 0.374 e. The summed E-state index contributed by atoms with van der Waals surface area (Å²) >= 11 is 6.19. The van der Waals surface area contributed by atoms with Gasteiger partial charge >= 0.3 is 0 Å². The minimum Gasteiger partial charge on any atom is -0.374 e. The van der Waals surface area contributed by atoms with Gasteiger partial charge in [0.2, 0.25) is 0 Å². The highest BCUT2D eigenvalue weighted by Crippen LogP contribution is 2.20. The van der Waals surface area contributed by atoms with Crippen LogP contribution < -0.4 is 0 Å². The number of hydrogen-bond donors (Lipinski definition) is 0. The Kier molecular flexibility index (Phi) is 4.71. The Morgan fingerprint density at radius 3 is 2.86 bits per heavy atom. The second-order valence-electron chi connectivity index (χ2n) is 5.25. The number of pyridine rings is 1. The molecule has 1 aromatic heterocycles. The Bertz CT molecular complexity index is 648. The predicted octanol–water partition coefficient (Wildman–Crippen LogP) is 2.82. The molecule has 0 bridgehead atoms. The molecule has 22 heavy (non-hydrogen) atoms. The average Bonchev–Trinajstić information content (AvgIpc) is 2.57. The molecule has 1 atom stereocenters. The number of ether oxygens (including phenoxy) is 1. The molecule has 1 saturated heterocycles. The topological polar surface area (TPSA) is 42.4 Å². The summed E-state index contributed by atoms with van der Waals surface area (Å²) in [5, 5.41) is 0.735. The van der Waals surface area contributed by atoms with Crippen molar-refractivity contribution in [1.29, 1.82) is 0 Å². The summed E-state index contributed by atoms with van der Waals surface area (Å²) in [6, 6.07) is 13.1. The summed E-state index contributed by atoms with van der Waals surface area (Å²) in [4.78, 5) is 18.4. The van der Waals surface area contributed by atoms with Crippen LogP contribution in [0.2, 0.25) is 5.02 Å². The first-order valence-electron chi connectivity index (χ1n) is 7.29. The third-order valence-corrected chi connectivity index (χ3v) is 4.08. The fraction of sp³-hybridized carbons (Fsp3) is 0.294. The van der Waals surface area contributed by atoms with Crippen molar-refractivity contribution >= 4 is 17.5 Å².